The van der Waals surface area contributed by atoms with Crippen molar-refractivity contribution in [2.75, 3.05) is 25.1 Å². The van der Waals surface area contributed by atoms with Crippen LogP contribution >= 0.6 is 0 Å². The molecule has 0 atom stereocenters. The van der Waals surface area contributed by atoms with E-state index in [0.29, 0.717) is 37.9 Å². The maximum absolute atomic E-state index is 5.58. The van der Waals surface area contributed by atoms with Gasteiger partial charge in [0.1, 0.15) is 6.26 Å². The number of hydrogen-bond acceptors (Lipinski definition) is 6. The molecule has 6 heteroatoms. The van der Waals surface area contributed by atoms with E-state index in [9.17, 15) is 0 Å². The van der Waals surface area contributed by atoms with Crippen molar-refractivity contribution in [1.82, 2.24) is 4.98 Å². The predicted octanol–water partition coefficient (Wildman–Crippen LogP) is 2.72. The Labute approximate surface area is 124 Å². The monoisotopic (exact) mass is 291 g/mol. The lowest BCUT2D eigenvalue weighted by atomic mass is 10.2. The van der Waals surface area contributed by atoms with Crippen LogP contribution in [-0.4, -0.2) is 24.7 Å². The molecule has 0 amide bonds. The summed E-state index contributed by atoms with van der Waals surface area (Å²) in [5.74, 6) is 1.42. The third kappa shape index (κ3) is 4.13. The molecular weight excluding hydrogens is 270 g/mol. The molecule has 21 heavy (non-hydrogen) atoms. The highest BCUT2D eigenvalue weighted by Crippen LogP contribution is 2.31. The van der Waals surface area contributed by atoms with Crippen molar-refractivity contribution in [3.63, 3.8) is 0 Å². The average Bonchev–Trinajstić information content (AvgIpc) is 2.90. The molecule has 6 nitrogen and oxygen atoms in total. The first-order chi connectivity index (χ1) is 10.3. The van der Waals surface area contributed by atoms with Gasteiger partial charge in [-0.2, -0.15) is 4.98 Å². The van der Waals surface area contributed by atoms with Gasteiger partial charge in [0.15, 0.2) is 11.5 Å². The van der Waals surface area contributed by atoms with E-state index in [2.05, 4.69) is 10.3 Å². The van der Waals surface area contributed by atoms with Crippen LogP contribution in [0.3, 0.4) is 0 Å². The molecule has 0 aliphatic carbocycles. The van der Waals surface area contributed by atoms with Crippen LogP contribution in [0.4, 0.5) is 11.7 Å². The number of oxazole rings is 1. The average molecular weight is 291 g/mol. The Kier molecular flexibility index (Phi) is 5.45. The first-order valence-electron chi connectivity index (χ1n) is 7.08. The van der Waals surface area contributed by atoms with Gasteiger partial charge in [-0.3, -0.25) is 0 Å². The van der Waals surface area contributed by atoms with E-state index in [1.807, 2.05) is 32.0 Å². The molecule has 0 saturated heterocycles. The van der Waals surface area contributed by atoms with Gasteiger partial charge in [-0.25, -0.2) is 0 Å². The molecule has 1 aromatic heterocycles. The molecule has 2 aromatic rings. The Hall–Kier alpha value is -2.21. The Morgan fingerprint density at radius 1 is 1.19 bits per heavy atom. The van der Waals surface area contributed by atoms with Crippen molar-refractivity contribution in [3.8, 4) is 11.5 Å². The maximum Gasteiger partial charge on any atom is 0.299 e. The predicted molar refractivity (Wildman–Crippen MR) is 81.3 cm³/mol. The van der Waals surface area contributed by atoms with Crippen LogP contribution in [0.15, 0.2) is 28.9 Å². The highest BCUT2D eigenvalue weighted by molar-refractivity contribution is 5.59. The van der Waals surface area contributed by atoms with Gasteiger partial charge in [0.2, 0.25) is 0 Å². The molecule has 0 unspecified atom stereocenters. The van der Waals surface area contributed by atoms with Crippen molar-refractivity contribution in [2.24, 2.45) is 5.73 Å². The molecule has 114 valence electrons. The van der Waals surface area contributed by atoms with Crippen LogP contribution in [0, 0.1) is 0 Å². The summed E-state index contributed by atoms with van der Waals surface area (Å²) in [5.41, 5.74) is 7.14. The lowest BCUT2D eigenvalue weighted by Crippen LogP contribution is -2.03. The Morgan fingerprint density at radius 3 is 2.67 bits per heavy atom. The van der Waals surface area contributed by atoms with Gasteiger partial charge >= 0.3 is 0 Å². The zero-order chi connectivity index (χ0) is 15.1. The van der Waals surface area contributed by atoms with Crippen LogP contribution in [-0.2, 0) is 6.42 Å². The van der Waals surface area contributed by atoms with Gasteiger partial charge < -0.3 is 24.9 Å². The first kappa shape index (κ1) is 15.2. The van der Waals surface area contributed by atoms with E-state index in [1.54, 1.807) is 6.26 Å². The zero-order valence-electron chi connectivity index (χ0n) is 12.4. The quantitative estimate of drug-likeness (QED) is 0.778. The summed E-state index contributed by atoms with van der Waals surface area (Å²) in [6.07, 6.45) is 2.30. The number of aromatic nitrogens is 1. The third-order valence-corrected chi connectivity index (χ3v) is 2.75. The standard InChI is InChI=1S/C15H21N3O3/c1-3-19-13-6-5-11(9-14(13)20-4-2)17-15-18-12(7-8-16)10-21-15/h5-6,9-10H,3-4,7-8,16H2,1-2H3,(H,17,18). The van der Waals surface area contributed by atoms with E-state index < -0.39 is 0 Å². The Morgan fingerprint density at radius 2 is 1.95 bits per heavy atom. The summed E-state index contributed by atoms with van der Waals surface area (Å²) in [7, 11) is 0. The summed E-state index contributed by atoms with van der Waals surface area (Å²) in [4.78, 5) is 4.30. The number of nitrogens with one attached hydrogen (secondary N) is 1. The fourth-order valence-electron chi connectivity index (χ4n) is 1.88. The van der Waals surface area contributed by atoms with Crippen LogP contribution in [0.25, 0.3) is 0 Å². The van der Waals surface area contributed by atoms with Crippen LogP contribution < -0.4 is 20.5 Å². The fourth-order valence-corrected chi connectivity index (χ4v) is 1.88. The molecule has 1 aromatic carbocycles. The van der Waals surface area contributed by atoms with E-state index >= 15 is 0 Å². The lowest BCUT2D eigenvalue weighted by Gasteiger charge is -2.12. The molecule has 0 saturated carbocycles. The number of benzene rings is 1. The summed E-state index contributed by atoms with van der Waals surface area (Å²) < 4.78 is 16.5. The van der Waals surface area contributed by atoms with Gasteiger partial charge in [0.25, 0.3) is 6.01 Å². The highest BCUT2D eigenvalue weighted by atomic mass is 16.5. The molecular formula is C15H21N3O3. The largest absolute Gasteiger partial charge is 0.490 e. The first-order valence-corrected chi connectivity index (χ1v) is 7.08. The molecule has 0 aliphatic heterocycles. The van der Waals surface area contributed by atoms with E-state index in [1.165, 1.54) is 0 Å². The molecule has 0 spiro atoms. The molecule has 3 N–H and O–H groups in total. The number of nitrogens with zero attached hydrogens (tertiary/aromatic N) is 1. The number of nitrogens with two attached hydrogens (primary N) is 1. The van der Waals surface area contributed by atoms with Crippen molar-refractivity contribution >= 4 is 11.7 Å². The smallest absolute Gasteiger partial charge is 0.299 e. The third-order valence-electron chi connectivity index (χ3n) is 2.75. The molecule has 1 heterocycles. The van der Waals surface area contributed by atoms with Gasteiger partial charge in [0, 0.05) is 18.2 Å². The summed E-state index contributed by atoms with van der Waals surface area (Å²) in [5, 5.41) is 3.10. The van der Waals surface area contributed by atoms with E-state index in [4.69, 9.17) is 19.6 Å². The topological polar surface area (TPSA) is 82.5 Å². The van der Waals surface area contributed by atoms with Gasteiger partial charge in [0.05, 0.1) is 18.9 Å². The molecule has 0 fully saturated rings. The summed E-state index contributed by atoms with van der Waals surface area (Å²) in [6, 6.07) is 6.05. The second-order valence-electron chi connectivity index (χ2n) is 4.34. The highest BCUT2D eigenvalue weighted by Gasteiger charge is 2.08. The summed E-state index contributed by atoms with van der Waals surface area (Å²) in [6.45, 7) is 5.58. The molecule has 0 radical (unpaired) electrons. The van der Waals surface area contributed by atoms with Gasteiger partial charge in [-0.15, -0.1) is 0 Å². The van der Waals surface area contributed by atoms with Crippen molar-refractivity contribution < 1.29 is 13.9 Å². The zero-order valence-corrected chi connectivity index (χ0v) is 12.4. The van der Waals surface area contributed by atoms with Crippen LogP contribution in [0.5, 0.6) is 11.5 Å². The van der Waals surface area contributed by atoms with Crippen LogP contribution in [0.1, 0.15) is 19.5 Å². The minimum Gasteiger partial charge on any atom is -0.490 e. The SMILES string of the molecule is CCOc1ccc(Nc2nc(CCN)co2)cc1OCC. The Bertz CT molecular complexity index is 569. The molecule has 0 aliphatic rings. The summed E-state index contributed by atoms with van der Waals surface area (Å²) >= 11 is 0. The van der Waals surface area contributed by atoms with Gasteiger partial charge in [-0.05, 0) is 32.5 Å². The second-order valence-corrected chi connectivity index (χ2v) is 4.34. The van der Waals surface area contributed by atoms with E-state index in [-0.39, 0.29) is 0 Å². The maximum atomic E-state index is 5.58. The van der Waals surface area contributed by atoms with Crippen LogP contribution in [0.2, 0.25) is 0 Å². The van der Waals surface area contributed by atoms with Gasteiger partial charge in [-0.1, -0.05) is 0 Å². The minimum atomic E-state index is 0.435. The number of rotatable bonds is 8. The Balaban J connectivity index is 2.13. The molecule has 2 rings (SSSR count). The number of anilines is 2. The van der Waals surface area contributed by atoms with E-state index in [0.717, 1.165) is 17.1 Å². The second kappa shape index (κ2) is 7.54. The van der Waals surface area contributed by atoms with Crippen molar-refractivity contribution in [1.29, 1.82) is 0 Å². The number of ether oxygens (including phenoxy) is 2. The minimum absolute atomic E-state index is 0.435. The van der Waals surface area contributed by atoms with Crippen molar-refractivity contribution in [2.45, 2.75) is 20.3 Å². The number of hydrogen-bond donors (Lipinski definition) is 2. The molecule has 0 bridgehead atoms. The van der Waals surface area contributed by atoms with Crippen molar-refractivity contribution in [3.05, 3.63) is 30.2 Å². The normalized spacial score (nSPS) is 10.4. The lowest BCUT2D eigenvalue weighted by molar-refractivity contribution is 0.288. The fraction of sp³-hybridized carbons (Fsp3) is 0.400.